The largest absolute Gasteiger partial charge is 0.656 e. The van der Waals surface area contributed by atoms with Crippen LogP contribution in [0.3, 0.4) is 0 Å². The van der Waals surface area contributed by atoms with Gasteiger partial charge in [-0.05, 0) is 12.8 Å². The van der Waals surface area contributed by atoms with Gasteiger partial charge in [0, 0.05) is 5.92 Å². The number of halogens is 6. The van der Waals surface area contributed by atoms with Gasteiger partial charge in [0.15, 0.2) is 0 Å². The van der Waals surface area contributed by atoms with Crippen molar-refractivity contribution < 1.29 is 31.4 Å². The van der Waals surface area contributed by atoms with Crippen LogP contribution in [0, 0.1) is 5.92 Å². The van der Waals surface area contributed by atoms with Crippen LogP contribution in [0.25, 0.3) is 5.32 Å². The second-order valence-electron chi connectivity index (χ2n) is 6.09. The molecule has 0 radical (unpaired) electrons. The minimum Gasteiger partial charge on any atom is -0.656 e. The minimum atomic E-state index is -5.75. The van der Waals surface area contributed by atoms with E-state index >= 15 is 0 Å². The molecule has 0 amide bonds. The summed E-state index contributed by atoms with van der Waals surface area (Å²) in [5, 5.41) is 13.8. The Labute approximate surface area is 135 Å². The number of nitrogens with zero attached hydrogens (tertiary/aromatic N) is 1. The lowest BCUT2D eigenvalue weighted by Crippen LogP contribution is -2.62. The van der Waals surface area contributed by atoms with Gasteiger partial charge in [0.25, 0.3) is 5.60 Å². The van der Waals surface area contributed by atoms with Crippen LogP contribution in [0.2, 0.25) is 0 Å². The van der Waals surface area contributed by atoms with Crippen molar-refractivity contribution in [3.8, 4) is 0 Å². The fourth-order valence-corrected chi connectivity index (χ4v) is 3.12. The Hall–Kier alpha value is -1.28. The van der Waals surface area contributed by atoms with Crippen molar-refractivity contribution in [2.45, 2.75) is 56.2 Å². The molecule has 0 spiro atoms. The zero-order valence-electron chi connectivity index (χ0n) is 12.7. The van der Waals surface area contributed by atoms with Gasteiger partial charge in [-0.2, -0.15) is 26.3 Å². The molecule has 1 N–H and O–H groups in total. The molecule has 0 saturated heterocycles. The lowest BCUT2D eigenvalue weighted by Gasteiger charge is -2.45. The Morgan fingerprint density at radius 1 is 0.875 bits per heavy atom. The second-order valence-corrected chi connectivity index (χ2v) is 6.09. The van der Waals surface area contributed by atoms with Crippen LogP contribution < -0.4 is 0 Å². The standard InChI is InChI=1S/C16H18F6NO/c17-15(18,19)14(24,16(20,21)22)12-6-8-13(9-7-12)23-10-11-4-2-1-3-5-11/h1-5,12-13,24H,6-10H2/q-1. The van der Waals surface area contributed by atoms with Crippen molar-refractivity contribution in [2.75, 3.05) is 0 Å². The highest BCUT2D eigenvalue weighted by atomic mass is 19.4. The maximum absolute atomic E-state index is 12.9. The molecule has 0 aliphatic heterocycles. The molecule has 0 unspecified atom stereocenters. The first-order valence-electron chi connectivity index (χ1n) is 7.62. The quantitative estimate of drug-likeness (QED) is 0.761. The van der Waals surface area contributed by atoms with E-state index in [0.717, 1.165) is 5.56 Å². The van der Waals surface area contributed by atoms with E-state index in [4.69, 9.17) is 0 Å². The average Bonchev–Trinajstić information content (AvgIpc) is 2.51. The van der Waals surface area contributed by atoms with E-state index in [1.165, 1.54) is 0 Å². The van der Waals surface area contributed by atoms with E-state index in [1.54, 1.807) is 0 Å². The van der Waals surface area contributed by atoms with Crippen molar-refractivity contribution >= 4 is 0 Å². The summed E-state index contributed by atoms with van der Waals surface area (Å²) >= 11 is 0. The number of benzene rings is 1. The van der Waals surface area contributed by atoms with Gasteiger partial charge in [-0.25, -0.2) is 0 Å². The highest BCUT2D eigenvalue weighted by Gasteiger charge is 2.73. The molecule has 0 bridgehead atoms. The molecule has 0 aromatic heterocycles. The Kier molecular flexibility index (Phi) is 5.49. The topological polar surface area (TPSA) is 34.3 Å². The summed E-state index contributed by atoms with van der Waals surface area (Å²) in [6, 6.07) is 8.90. The number of hydrogen-bond donors (Lipinski definition) is 1. The maximum atomic E-state index is 12.9. The first kappa shape index (κ1) is 19.1. The second kappa shape index (κ2) is 6.92. The SMILES string of the molecule is OC(C1CCC([N-]Cc2ccccc2)CC1)(C(F)(F)F)C(F)(F)F. The molecular weight excluding hydrogens is 336 g/mol. The van der Waals surface area contributed by atoms with Crippen LogP contribution >= 0.6 is 0 Å². The highest BCUT2D eigenvalue weighted by Crippen LogP contribution is 2.51. The van der Waals surface area contributed by atoms with Gasteiger partial charge in [-0.1, -0.05) is 48.7 Å². The molecule has 1 aliphatic rings. The molecule has 0 atom stereocenters. The van der Waals surface area contributed by atoms with Gasteiger partial charge in [0.05, 0.1) is 0 Å². The molecular formula is C16H18F6NO-. The third-order valence-electron chi connectivity index (χ3n) is 4.53. The summed E-state index contributed by atoms with van der Waals surface area (Å²) in [6.45, 7) is 0.374. The van der Waals surface area contributed by atoms with Gasteiger partial charge in [-0.3, -0.25) is 0 Å². The lowest BCUT2D eigenvalue weighted by atomic mass is 9.74. The van der Waals surface area contributed by atoms with E-state index < -0.39 is 23.9 Å². The fourth-order valence-electron chi connectivity index (χ4n) is 3.12. The Balaban J connectivity index is 1.96. The molecule has 0 heterocycles. The van der Waals surface area contributed by atoms with Crippen molar-refractivity contribution in [3.63, 3.8) is 0 Å². The van der Waals surface area contributed by atoms with Gasteiger partial charge in [-0.15, -0.1) is 12.6 Å². The molecule has 136 valence electrons. The summed E-state index contributed by atoms with van der Waals surface area (Å²) < 4.78 is 77.1. The first-order valence-corrected chi connectivity index (χ1v) is 7.62. The van der Waals surface area contributed by atoms with E-state index in [2.05, 4.69) is 5.32 Å². The van der Waals surface area contributed by atoms with Crippen LogP contribution in [-0.4, -0.2) is 29.1 Å². The van der Waals surface area contributed by atoms with Crippen molar-refractivity contribution in [3.05, 3.63) is 41.2 Å². The van der Waals surface area contributed by atoms with Crippen LogP contribution in [0.4, 0.5) is 26.3 Å². The van der Waals surface area contributed by atoms with Crippen molar-refractivity contribution in [1.29, 1.82) is 0 Å². The molecule has 2 rings (SSSR count). The first-order chi connectivity index (χ1) is 11.1. The van der Waals surface area contributed by atoms with E-state index in [9.17, 15) is 31.4 Å². The van der Waals surface area contributed by atoms with Crippen molar-refractivity contribution in [2.24, 2.45) is 5.92 Å². The fraction of sp³-hybridized carbons (Fsp3) is 0.625. The number of aliphatic hydroxyl groups is 1. The third kappa shape index (κ3) is 3.85. The number of alkyl halides is 6. The van der Waals surface area contributed by atoms with Crippen molar-refractivity contribution in [1.82, 2.24) is 0 Å². The molecule has 1 aliphatic carbocycles. The predicted octanol–water partition coefficient (Wildman–Crippen LogP) is 4.97. The third-order valence-corrected chi connectivity index (χ3v) is 4.53. The van der Waals surface area contributed by atoms with Crippen LogP contribution in [-0.2, 0) is 6.54 Å². The van der Waals surface area contributed by atoms with Gasteiger partial charge >= 0.3 is 12.4 Å². The Morgan fingerprint density at radius 2 is 1.38 bits per heavy atom. The van der Waals surface area contributed by atoms with Gasteiger partial charge in [0.1, 0.15) is 0 Å². The molecule has 2 nitrogen and oxygen atoms in total. The lowest BCUT2D eigenvalue weighted by molar-refractivity contribution is -0.387. The van der Waals surface area contributed by atoms with Gasteiger partial charge < -0.3 is 10.4 Å². The zero-order chi connectivity index (χ0) is 18.0. The van der Waals surface area contributed by atoms with Gasteiger partial charge in [0.2, 0.25) is 0 Å². The van der Waals surface area contributed by atoms with E-state index in [-0.39, 0.29) is 31.7 Å². The smallest absolute Gasteiger partial charge is 0.426 e. The summed E-state index contributed by atoms with van der Waals surface area (Å²) in [5.74, 6) is -1.89. The maximum Gasteiger partial charge on any atom is 0.426 e. The van der Waals surface area contributed by atoms with Crippen LogP contribution in [0.15, 0.2) is 30.3 Å². The Bertz CT molecular complexity index is 506. The summed E-state index contributed by atoms with van der Waals surface area (Å²) in [7, 11) is 0. The number of rotatable bonds is 4. The number of hydrogen-bond acceptors (Lipinski definition) is 1. The average molecular weight is 354 g/mol. The highest BCUT2D eigenvalue weighted by molar-refractivity contribution is 5.18. The summed E-state index contributed by atoms with van der Waals surface area (Å²) in [6.07, 6.45) is -12.0. The molecule has 1 saturated carbocycles. The predicted molar refractivity (Wildman–Crippen MR) is 76.3 cm³/mol. The van der Waals surface area contributed by atoms with E-state index in [0.29, 0.717) is 6.54 Å². The molecule has 1 aromatic carbocycles. The summed E-state index contributed by atoms with van der Waals surface area (Å²) in [4.78, 5) is 0. The molecule has 24 heavy (non-hydrogen) atoms. The van der Waals surface area contributed by atoms with Crippen LogP contribution in [0.1, 0.15) is 31.2 Å². The molecule has 8 heteroatoms. The van der Waals surface area contributed by atoms with E-state index in [1.807, 2.05) is 30.3 Å². The zero-order valence-corrected chi connectivity index (χ0v) is 12.7. The van der Waals surface area contributed by atoms with Crippen LogP contribution in [0.5, 0.6) is 0 Å². The molecule has 1 aromatic rings. The summed E-state index contributed by atoms with van der Waals surface area (Å²) in [5.41, 5.74) is -3.72. The monoisotopic (exact) mass is 354 g/mol. The molecule has 1 fully saturated rings. The Morgan fingerprint density at radius 3 is 1.83 bits per heavy atom. The normalized spacial score (nSPS) is 23.3. The minimum absolute atomic E-state index is 0.103.